The molecule has 0 aliphatic heterocycles. The molecule has 2 N–H and O–H groups in total. The Balaban J connectivity index is 2.02. The Bertz CT molecular complexity index is 580. The van der Waals surface area contributed by atoms with Crippen molar-refractivity contribution in [1.82, 2.24) is 9.55 Å². The number of rotatable bonds is 7. The average molecular weight is 342 g/mol. The van der Waals surface area contributed by atoms with E-state index in [1.807, 2.05) is 4.57 Å². The first-order valence-corrected chi connectivity index (χ1v) is 8.03. The molecule has 1 aromatic carbocycles. The quantitative estimate of drug-likeness (QED) is 0.729. The van der Waals surface area contributed by atoms with E-state index in [-0.39, 0.29) is 5.82 Å². The molecule has 0 saturated heterocycles. The van der Waals surface area contributed by atoms with E-state index in [4.69, 9.17) is 5.73 Å². The number of anilines is 1. The number of imidazole rings is 1. The van der Waals surface area contributed by atoms with Crippen molar-refractivity contribution in [3.8, 4) is 0 Å². The number of aryl methyl sites for hydroxylation is 1. The summed E-state index contributed by atoms with van der Waals surface area (Å²) in [5.41, 5.74) is 7.44. The lowest BCUT2D eigenvalue weighted by molar-refractivity contribution is 0.566. The number of nitrogens with zero attached hydrogens (tertiary/aromatic N) is 2. The first kappa shape index (κ1) is 15.3. The van der Waals surface area contributed by atoms with Crippen LogP contribution in [-0.4, -0.2) is 9.55 Å². The molecule has 2 aromatic rings. The van der Waals surface area contributed by atoms with Gasteiger partial charge in [0.15, 0.2) is 0 Å². The molecule has 1 heterocycles. The van der Waals surface area contributed by atoms with Gasteiger partial charge in [0.25, 0.3) is 0 Å². The summed E-state index contributed by atoms with van der Waals surface area (Å²) in [6.07, 6.45) is 7.41. The average Bonchev–Trinajstić information content (AvgIpc) is 2.70. The second kappa shape index (κ2) is 7.07. The van der Waals surface area contributed by atoms with Crippen molar-refractivity contribution in [3.63, 3.8) is 0 Å². The van der Waals surface area contributed by atoms with Crippen LogP contribution in [0.15, 0.2) is 16.6 Å². The van der Waals surface area contributed by atoms with E-state index in [1.165, 1.54) is 38.2 Å². The van der Waals surface area contributed by atoms with Crippen LogP contribution >= 0.6 is 15.9 Å². The third kappa shape index (κ3) is 3.51. The van der Waals surface area contributed by atoms with Gasteiger partial charge in [0, 0.05) is 12.6 Å². The van der Waals surface area contributed by atoms with Crippen LogP contribution in [0.25, 0.3) is 11.0 Å². The minimum absolute atomic E-state index is 0.304. The van der Waals surface area contributed by atoms with Gasteiger partial charge in [-0.15, -0.1) is 0 Å². The summed E-state index contributed by atoms with van der Waals surface area (Å²) in [7, 11) is 0. The molecule has 5 heteroatoms. The largest absolute Gasteiger partial charge is 0.369 e. The molecular weight excluding hydrogens is 321 g/mol. The number of halogens is 2. The fraction of sp³-hybridized carbons (Fsp3) is 0.533. The zero-order valence-corrected chi connectivity index (χ0v) is 13.4. The lowest BCUT2D eigenvalue weighted by atomic mass is 10.1. The van der Waals surface area contributed by atoms with Crippen molar-refractivity contribution in [2.24, 2.45) is 0 Å². The SMILES string of the molecule is CCCCCCCCn1c(N)nc2cc(F)c(Br)cc21. The van der Waals surface area contributed by atoms with E-state index < -0.39 is 0 Å². The molecule has 0 aliphatic carbocycles. The molecule has 110 valence electrons. The molecule has 2 rings (SSSR count). The van der Waals surface area contributed by atoms with E-state index in [1.54, 1.807) is 6.07 Å². The third-order valence-corrected chi connectivity index (χ3v) is 4.16. The monoisotopic (exact) mass is 341 g/mol. The van der Waals surface area contributed by atoms with Gasteiger partial charge in [-0.25, -0.2) is 9.37 Å². The van der Waals surface area contributed by atoms with E-state index in [2.05, 4.69) is 27.8 Å². The molecule has 0 unspecified atom stereocenters. The predicted molar refractivity (Wildman–Crippen MR) is 85.2 cm³/mol. The van der Waals surface area contributed by atoms with Crippen LogP contribution in [0.1, 0.15) is 45.4 Å². The molecular formula is C15H21BrFN3. The Labute approximate surface area is 127 Å². The van der Waals surface area contributed by atoms with Gasteiger partial charge in [0.05, 0.1) is 15.5 Å². The van der Waals surface area contributed by atoms with Gasteiger partial charge in [-0.1, -0.05) is 39.0 Å². The maximum absolute atomic E-state index is 13.5. The van der Waals surface area contributed by atoms with Crippen LogP contribution in [0.4, 0.5) is 10.3 Å². The third-order valence-electron chi connectivity index (χ3n) is 3.56. The summed E-state index contributed by atoms with van der Waals surface area (Å²) >= 11 is 3.21. The summed E-state index contributed by atoms with van der Waals surface area (Å²) in [6.45, 7) is 3.06. The highest BCUT2D eigenvalue weighted by atomic mass is 79.9. The van der Waals surface area contributed by atoms with E-state index in [9.17, 15) is 4.39 Å². The Morgan fingerprint density at radius 1 is 1.20 bits per heavy atom. The van der Waals surface area contributed by atoms with Gasteiger partial charge in [0.2, 0.25) is 5.95 Å². The standard InChI is InChI=1S/C15H21BrFN3/c1-2-3-4-5-6-7-8-20-14-9-11(16)12(17)10-13(14)19-15(20)18/h9-10H,2-8H2,1H3,(H2,18,19). The van der Waals surface area contributed by atoms with Crippen LogP contribution in [0.3, 0.4) is 0 Å². The summed E-state index contributed by atoms with van der Waals surface area (Å²) < 4.78 is 15.9. The number of nitrogen functional groups attached to an aromatic ring is 1. The zero-order valence-electron chi connectivity index (χ0n) is 11.8. The molecule has 0 bridgehead atoms. The topological polar surface area (TPSA) is 43.8 Å². The smallest absolute Gasteiger partial charge is 0.201 e. The van der Waals surface area contributed by atoms with Crippen molar-refractivity contribution in [1.29, 1.82) is 0 Å². The Hall–Kier alpha value is -1.10. The van der Waals surface area contributed by atoms with E-state index >= 15 is 0 Å². The lowest BCUT2D eigenvalue weighted by Gasteiger charge is -2.07. The fourth-order valence-corrected chi connectivity index (χ4v) is 2.76. The molecule has 0 aliphatic rings. The van der Waals surface area contributed by atoms with Crippen molar-refractivity contribution in [2.45, 2.75) is 52.0 Å². The lowest BCUT2D eigenvalue weighted by Crippen LogP contribution is -2.03. The highest BCUT2D eigenvalue weighted by Crippen LogP contribution is 2.25. The van der Waals surface area contributed by atoms with Crippen LogP contribution in [0, 0.1) is 5.82 Å². The maximum atomic E-state index is 13.5. The first-order chi connectivity index (χ1) is 9.63. The maximum Gasteiger partial charge on any atom is 0.201 e. The Kier molecular flexibility index (Phi) is 5.40. The number of hydrogen-bond acceptors (Lipinski definition) is 2. The Morgan fingerprint density at radius 3 is 2.65 bits per heavy atom. The number of aromatic nitrogens is 2. The minimum atomic E-state index is -0.304. The van der Waals surface area contributed by atoms with Gasteiger partial charge < -0.3 is 10.3 Å². The molecule has 20 heavy (non-hydrogen) atoms. The minimum Gasteiger partial charge on any atom is -0.369 e. The predicted octanol–water partition coefficient (Wildman–Crippen LogP) is 4.88. The number of fused-ring (bicyclic) bond motifs is 1. The van der Waals surface area contributed by atoms with Crippen molar-refractivity contribution in [2.75, 3.05) is 5.73 Å². The molecule has 0 radical (unpaired) electrons. The second-order valence-electron chi connectivity index (χ2n) is 5.14. The van der Waals surface area contributed by atoms with Crippen molar-refractivity contribution in [3.05, 3.63) is 22.4 Å². The number of unbranched alkanes of at least 4 members (excludes halogenated alkanes) is 5. The first-order valence-electron chi connectivity index (χ1n) is 7.24. The number of nitrogens with two attached hydrogens (primary N) is 1. The highest BCUT2D eigenvalue weighted by Gasteiger charge is 2.11. The van der Waals surface area contributed by atoms with Crippen LogP contribution in [0.5, 0.6) is 0 Å². The molecule has 0 saturated carbocycles. The summed E-state index contributed by atoms with van der Waals surface area (Å²) in [5.74, 6) is 0.160. The fourth-order valence-electron chi connectivity index (χ4n) is 2.42. The van der Waals surface area contributed by atoms with Crippen LogP contribution in [0.2, 0.25) is 0 Å². The summed E-state index contributed by atoms with van der Waals surface area (Å²) in [6, 6.07) is 3.18. The van der Waals surface area contributed by atoms with Crippen molar-refractivity contribution >= 4 is 32.9 Å². The molecule has 0 fully saturated rings. The zero-order chi connectivity index (χ0) is 14.5. The number of hydrogen-bond donors (Lipinski definition) is 1. The number of benzene rings is 1. The van der Waals surface area contributed by atoms with Gasteiger partial charge in [0.1, 0.15) is 5.82 Å². The van der Waals surface area contributed by atoms with Gasteiger partial charge in [-0.3, -0.25) is 0 Å². The van der Waals surface area contributed by atoms with E-state index in [0.717, 1.165) is 18.5 Å². The van der Waals surface area contributed by atoms with Crippen molar-refractivity contribution < 1.29 is 4.39 Å². The normalized spacial score (nSPS) is 11.3. The van der Waals surface area contributed by atoms with E-state index in [0.29, 0.717) is 15.9 Å². The molecule has 3 nitrogen and oxygen atoms in total. The molecule has 0 atom stereocenters. The molecule has 0 spiro atoms. The Morgan fingerprint density at radius 2 is 1.90 bits per heavy atom. The molecule has 1 aromatic heterocycles. The van der Waals surface area contributed by atoms with Gasteiger partial charge in [-0.05, 0) is 28.4 Å². The van der Waals surface area contributed by atoms with Crippen LogP contribution < -0.4 is 5.73 Å². The van der Waals surface area contributed by atoms with Gasteiger partial charge >= 0.3 is 0 Å². The summed E-state index contributed by atoms with van der Waals surface area (Å²) in [4.78, 5) is 4.22. The van der Waals surface area contributed by atoms with Gasteiger partial charge in [-0.2, -0.15) is 0 Å². The molecule has 0 amide bonds. The second-order valence-corrected chi connectivity index (χ2v) is 6.00. The highest BCUT2D eigenvalue weighted by molar-refractivity contribution is 9.10. The van der Waals surface area contributed by atoms with Crippen LogP contribution in [-0.2, 0) is 6.54 Å². The summed E-state index contributed by atoms with van der Waals surface area (Å²) in [5, 5.41) is 0.